The molecule has 2 aromatic rings. The molecule has 0 radical (unpaired) electrons. The minimum atomic E-state index is -3.65. The van der Waals surface area contributed by atoms with Gasteiger partial charge in [-0.25, -0.2) is 8.42 Å². The molecule has 0 aliphatic carbocycles. The number of nitrogens with zero attached hydrogens (tertiary/aromatic N) is 1. The lowest BCUT2D eigenvalue weighted by molar-refractivity contribution is -0.121. The van der Waals surface area contributed by atoms with Crippen molar-refractivity contribution in [2.75, 3.05) is 23.7 Å². The zero-order valence-electron chi connectivity index (χ0n) is 16.4. The van der Waals surface area contributed by atoms with E-state index >= 15 is 0 Å². The van der Waals surface area contributed by atoms with E-state index in [1.807, 2.05) is 19.9 Å². The maximum Gasteiger partial charge on any atom is 0.243 e. The summed E-state index contributed by atoms with van der Waals surface area (Å²) in [5, 5.41) is 3.20. The van der Waals surface area contributed by atoms with Gasteiger partial charge in [0.25, 0.3) is 0 Å². The number of carbonyl (C=O) groups excluding carboxylic acids is 1. The highest BCUT2D eigenvalue weighted by Crippen LogP contribution is 2.24. The third-order valence-corrected chi connectivity index (χ3v) is 5.60. The van der Waals surface area contributed by atoms with Crippen molar-refractivity contribution < 1.29 is 17.9 Å². The van der Waals surface area contributed by atoms with Crippen LogP contribution in [0.2, 0.25) is 5.02 Å². The Morgan fingerprint density at radius 1 is 1.18 bits per heavy atom. The van der Waals surface area contributed by atoms with Gasteiger partial charge >= 0.3 is 0 Å². The van der Waals surface area contributed by atoms with E-state index in [1.54, 1.807) is 43.3 Å². The van der Waals surface area contributed by atoms with Crippen molar-refractivity contribution in [1.29, 1.82) is 0 Å². The molecule has 0 aromatic heterocycles. The van der Waals surface area contributed by atoms with Gasteiger partial charge in [0.15, 0.2) is 0 Å². The smallest absolute Gasteiger partial charge is 0.243 e. The maximum atomic E-state index is 12.6. The molecular formula is C20H25ClN2O4S. The second-order valence-electron chi connectivity index (χ2n) is 6.65. The number of nitrogens with one attached hydrogen (secondary N) is 1. The predicted octanol–water partition coefficient (Wildman–Crippen LogP) is 3.31. The molecule has 0 aliphatic heterocycles. The molecule has 8 heteroatoms. The van der Waals surface area contributed by atoms with Crippen molar-refractivity contribution in [3.8, 4) is 5.75 Å². The fourth-order valence-corrected chi connectivity index (χ4v) is 4.28. The van der Waals surface area contributed by atoms with E-state index in [9.17, 15) is 13.2 Å². The first-order valence-electron chi connectivity index (χ1n) is 8.82. The first kappa shape index (κ1) is 22.0. The van der Waals surface area contributed by atoms with Crippen molar-refractivity contribution in [2.45, 2.75) is 26.8 Å². The lowest BCUT2D eigenvalue weighted by Crippen LogP contribution is -2.48. The lowest BCUT2D eigenvalue weighted by Gasteiger charge is -2.28. The minimum absolute atomic E-state index is 0.213. The van der Waals surface area contributed by atoms with Crippen molar-refractivity contribution in [2.24, 2.45) is 0 Å². The van der Waals surface area contributed by atoms with Crippen LogP contribution in [0.3, 0.4) is 0 Å². The summed E-state index contributed by atoms with van der Waals surface area (Å²) in [4.78, 5) is 12.6. The van der Waals surface area contributed by atoms with Crippen LogP contribution in [0.1, 0.15) is 18.1 Å². The number of benzene rings is 2. The molecule has 2 rings (SSSR count). The number of sulfonamides is 1. The van der Waals surface area contributed by atoms with Crippen molar-refractivity contribution in [1.82, 2.24) is 5.32 Å². The summed E-state index contributed by atoms with van der Waals surface area (Å²) in [5.41, 5.74) is 2.31. The molecule has 152 valence electrons. The summed E-state index contributed by atoms with van der Waals surface area (Å²) in [7, 11) is -3.65. The van der Waals surface area contributed by atoms with E-state index in [2.05, 4.69) is 5.32 Å². The first-order valence-corrected chi connectivity index (χ1v) is 11.0. The highest BCUT2D eigenvalue weighted by atomic mass is 35.5. The van der Waals surface area contributed by atoms with Crippen LogP contribution >= 0.6 is 11.6 Å². The van der Waals surface area contributed by atoms with Gasteiger partial charge in [0.1, 0.15) is 18.4 Å². The zero-order chi connectivity index (χ0) is 20.9. The fourth-order valence-electron chi connectivity index (χ4n) is 2.93. The highest BCUT2D eigenvalue weighted by molar-refractivity contribution is 7.92. The van der Waals surface area contributed by atoms with Gasteiger partial charge in [-0.15, -0.1) is 0 Å². The van der Waals surface area contributed by atoms with Crippen LogP contribution in [0, 0.1) is 13.8 Å². The average Bonchev–Trinajstić information content (AvgIpc) is 2.58. The van der Waals surface area contributed by atoms with Gasteiger partial charge in [-0.2, -0.15) is 0 Å². The van der Waals surface area contributed by atoms with Crippen LogP contribution < -0.4 is 14.4 Å². The molecule has 0 saturated carbocycles. The van der Waals surface area contributed by atoms with Gasteiger partial charge in [-0.3, -0.25) is 9.10 Å². The van der Waals surface area contributed by atoms with Crippen molar-refractivity contribution in [3.05, 3.63) is 58.6 Å². The highest BCUT2D eigenvalue weighted by Gasteiger charge is 2.29. The largest absolute Gasteiger partial charge is 0.490 e. The van der Waals surface area contributed by atoms with E-state index < -0.39 is 22.0 Å². The lowest BCUT2D eigenvalue weighted by atomic mass is 10.1. The Morgan fingerprint density at radius 3 is 2.36 bits per heavy atom. The molecule has 0 unspecified atom stereocenters. The summed E-state index contributed by atoms with van der Waals surface area (Å²) in [6.07, 6.45) is 1.09. The van der Waals surface area contributed by atoms with E-state index in [0.29, 0.717) is 16.5 Å². The predicted molar refractivity (Wildman–Crippen MR) is 113 cm³/mol. The standard InChI is InChI=1S/C20H25ClN2O4S/c1-14-11-15(2)13-17(12-14)23(28(4,25)26)16(3)20(24)22-9-10-27-19-8-6-5-7-18(19)21/h5-8,11-13,16H,9-10H2,1-4H3,(H,22,24)/t16-/m0/s1. The van der Waals surface area contributed by atoms with Crippen LogP contribution in [0.5, 0.6) is 5.75 Å². The molecular weight excluding hydrogens is 400 g/mol. The van der Waals surface area contributed by atoms with Crippen LogP contribution in [0.25, 0.3) is 0 Å². The molecule has 1 amide bonds. The first-order chi connectivity index (χ1) is 13.1. The Bertz CT molecular complexity index is 927. The average molecular weight is 425 g/mol. The van der Waals surface area contributed by atoms with Gasteiger partial charge in [0.05, 0.1) is 23.5 Å². The molecule has 0 fully saturated rings. The molecule has 1 atom stereocenters. The summed E-state index contributed by atoms with van der Waals surface area (Å²) >= 11 is 6.02. The number of para-hydroxylation sites is 1. The molecule has 6 nitrogen and oxygen atoms in total. The maximum absolute atomic E-state index is 12.6. The van der Waals surface area contributed by atoms with Crippen molar-refractivity contribution in [3.63, 3.8) is 0 Å². The SMILES string of the molecule is Cc1cc(C)cc(N([C@@H](C)C(=O)NCCOc2ccccc2Cl)S(C)(=O)=O)c1. The number of rotatable bonds is 8. The van der Waals surface area contributed by atoms with E-state index in [-0.39, 0.29) is 13.2 Å². The summed E-state index contributed by atoms with van der Waals surface area (Å²) in [6, 6.07) is 11.6. The van der Waals surface area contributed by atoms with E-state index in [4.69, 9.17) is 16.3 Å². The number of carbonyl (C=O) groups is 1. The molecule has 0 bridgehead atoms. The second-order valence-corrected chi connectivity index (χ2v) is 8.92. The topological polar surface area (TPSA) is 75.7 Å². The normalized spacial score (nSPS) is 12.3. The molecule has 0 aliphatic rings. The van der Waals surface area contributed by atoms with Gasteiger partial charge in [0.2, 0.25) is 15.9 Å². The molecule has 28 heavy (non-hydrogen) atoms. The third kappa shape index (κ3) is 5.87. The quantitative estimate of drug-likeness (QED) is 0.659. The molecule has 0 saturated heterocycles. The number of amides is 1. The van der Waals surface area contributed by atoms with E-state index in [0.717, 1.165) is 21.7 Å². The molecule has 2 aromatic carbocycles. The Balaban J connectivity index is 2.04. The molecule has 0 heterocycles. The van der Waals surface area contributed by atoms with E-state index in [1.165, 1.54) is 0 Å². The number of aryl methyl sites for hydroxylation is 2. The number of hydrogen-bond donors (Lipinski definition) is 1. The molecule has 0 spiro atoms. The Labute approximate surface area is 171 Å². The van der Waals surface area contributed by atoms with Gasteiger partial charge in [0, 0.05) is 0 Å². The van der Waals surface area contributed by atoms with Crippen LogP contribution in [0.4, 0.5) is 5.69 Å². The van der Waals surface area contributed by atoms with Crippen LogP contribution in [0.15, 0.2) is 42.5 Å². The minimum Gasteiger partial charge on any atom is -0.490 e. The fraction of sp³-hybridized carbons (Fsp3) is 0.350. The number of ether oxygens (including phenoxy) is 1. The summed E-state index contributed by atoms with van der Waals surface area (Å²) in [5.74, 6) is 0.117. The van der Waals surface area contributed by atoms with Gasteiger partial charge in [-0.1, -0.05) is 29.8 Å². The molecule has 1 N–H and O–H groups in total. The van der Waals surface area contributed by atoms with Crippen molar-refractivity contribution >= 4 is 33.2 Å². The number of hydrogen-bond acceptors (Lipinski definition) is 4. The Morgan fingerprint density at radius 2 is 1.79 bits per heavy atom. The number of halogens is 1. The zero-order valence-corrected chi connectivity index (χ0v) is 18.0. The number of anilines is 1. The van der Waals surface area contributed by atoms with Crippen LogP contribution in [-0.4, -0.2) is 39.8 Å². The Kier molecular flexibility index (Phi) is 7.32. The Hall–Kier alpha value is -2.25. The van der Waals surface area contributed by atoms with Crippen LogP contribution in [-0.2, 0) is 14.8 Å². The third-order valence-electron chi connectivity index (χ3n) is 4.04. The summed E-state index contributed by atoms with van der Waals surface area (Å²) < 4.78 is 31.4. The van der Waals surface area contributed by atoms with Gasteiger partial charge in [-0.05, 0) is 56.2 Å². The summed E-state index contributed by atoms with van der Waals surface area (Å²) in [6.45, 7) is 5.76. The van der Waals surface area contributed by atoms with Gasteiger partial charge < -0.3 is 10.1 Å². The second kappa shape index (κ2) is 9.30. The monoisotopic (exact) mass is 424 g/mol.